The maximum Gasteiger partial charge on any atom is 0.164 e. The molecule has 0 N–H and O–H groups in total. The fraction of sp³-hybridized carbons (Fsp3) is 0. The minimum Gasteiger partial charge on any atom is -0.456 e. The first kappa shape index (κ1) is 39.9. The summed E-state index contributed by atoms with van der Waals surface area (Å²) in [7, 11) is 0. The van der Waals surface area contributed by atoms with E-state index in [0.29, 0.717) is 34.9 Å². The molecular formula is C62H38N6O. The molecule has 0 aliphatic heterocycles. The standard InChI is InChI=1S/C62H38N6O/c1-3-17-42(18-4-1)57-63-58(43-19-5-2-6-20-43)65-59(64-57)44-32-29-40(30-33-44)49-37-53(56-52-26-11-12-28-54(52)69-55(56)38-49)46-23-13-24-47(36-46)60-66-61(48-34-31-39-15-7-8-21-45(39)35-48)68-62(67-60)51-27-14-22-41-16-9-10-25-50(41)51/h1-38H. The SMILES string of the molecule is c1ccc(-c2nc(-c3ccccc3)nc(-c3ccc(-c4cc(-c5cccc(-c6nc(-c7ccc8ccccc8c7)nc(-c7cccc8ccccc78)n6)c5)c5c(c4)oc4ccccc45)cc3)n2)cc1. The van der Waals surface area contributed by atoms with Crippen molar-refractivity contribution < 1.29 is 4.42 Å². The summed E-state index contributed by atoms with van der Waals surface area (Å²) in [5, 5.41) is 6.57. The Kier molecular flexibility index (Phi) is 9.68. The van der Waals surface area contributed by atoms with Crippen molar-refractivity contribution in [3.05, 3.63) is 231 Å². The van der Waals surface area contributed by atoms with Gasteiger partial charge in [0.15, 0.2) is 34.9 Å². The summed E-state index contributed by atoms with van der Waals surface area (Å²) in [6.07, 6.45) is 0. The Morgan fingerprint density at radius 1 is 0.232 bits per heavy atom. The Balaban J connectivity index is 0.938. The number of rotatable bonds is 8. The molecule has 69 heavy (non-hydrogen) atoms. The number of para-hydroxylation sites is 1. The van der Waals surface area contributed by atoms with Crippen molar-refractivity contribution in [1.29, 1.82) is 0 Å². The summed E-state index contributed by atoms with van der Waals surface area (Å²) in [6.45, 7) is 0. The molecule has 13 rings (SSSR count). The van der Waals surface area contributed by atoms with Gasteiger partial charge in [-0.2, -0.15) is 0 Å². The van der Waals surface area contributed by atoms with Gasteiger partial charge in [-0.1, -0.05) is 200 Å². The molecule has 0 bridgehead atoms. The monoisotopic (exact) mass is 882 g/mol. The van der Waals surface area contributed by atoms with Crippen LogP contribution in [-0.4, -0.2) is 29.9 Å². The number of aromatic nitrogens is 6. The molecule has 0 unspecified atom stereocenters. The van der Waals surface area contributed by atoms with Gasteiger partial charge in [-0.25, -0.2) is 29.9 Å². The smallest absolute Gasteiger partial charge is 0.164 e. The summed E-state index contributed by atoms with van der Waals surface area (Å²) in [4.78, 5) is 30.5. The summed E-state index contributed by atoms with van der Waals surface area (Å²) >= 11 is 0. The summed E-state index contributed by atoms with van der Waals surface area (Å²) in [5.41, 5.74) is 11.2. The van der Waals surface area contributed by atoms with E-state index in [1.54, 1.807) is 0 Å². The van der Waals surface area contributed by atoms with Crippen LogP contribution in [0.5, 0.6) is 0 Å². The van der Waals surface area contributed by atoms with E-state index in [0.717, 1.165) is 99.1 Å². The zero-order chi connectivity index (χ0) is 45.7. The molecule has 0 aliphatic carbocycles. The summed E-state index contributed by atoms with van der Waals surface area (Å²) in [5.74, 6) is 3.66. The number of hydrogen-bond donors (Lipinski definition) is 0. The Labute approximate surface area is 397 Å². The zero-order valence-corrected chi connectivity index (χ0v) is 37.0. The van der Waals surface area contributed by atoms with E-state index >= 15 is 0 Å². The topological polar surface area (TPSA) is 90.5 Å². The van der Waals surface area contributed by atoms with E-state index < -0.39 is 0 Å². The Morgan fingerprint density at radius 2 is 0.710 bits per heavy atom. The summed E-state index contributed by atoms with van der Waals surface area (Å²) in [6, 6.07) is 79.0. The average molecular weight is 883 g/mol. The first-order valence-electron chi connectivity index (χ1n) is 22.9. The number of benzene rings is 10. The van der Waals surface area contributed by atoms with Gasteiger partial charge in [-0.3, -0.25) is 0 Å². The van der Waals surface area contributed by atoms with Crippen LogP contribution in [0.25, 0.3) is 134 Å². The van der Waals surface area contributed by atoms with Gasteiger partial charge in [0.05, 0.1) is 0 Å². The van der Waals surface area contributed by atoms with Gasteiger partial charge >= 0.3 is 0 Å². The summed E-state index contributed by atoms with van der Waals surface area (Å²) < 4.78 is 6.63. The third-order valence-corrected chi connectivity index (χ3v) is 12.8. The van der Waals surface area contributed by atoms with Crippen LogP contribution in [0.3, 0.4) is 0 Å². The van der Waals surface area contributed by atoms with E-state index in [9.17, 15) is 0 Å². The predicted octanol–water partition coefficient (Wildman–Crippen LogP) is 15.6. The van der Waals surface area contributed by atoms with Crippen LogP contribution < -0.4 is 0 Å². The number of furan rings is 1. The second kappa shape index (κ2) is 16.8. The van der Waals surface area contributed by atoms with Gasteiger partial charge in [-0.15, -0.1) is 0 Å². The van der Waals surface area contributed by atoms with Crippen molar-refractivity contribution in [1.82, 2.24) is 29.9 Å². The van der Waals surface area contributed by atoms with Crippen molar-refractivity contribution in [3.8, 4) is 90.6 Å². The molecule has 7 nitrogen and oxygen atoms in total. The van der Waals surface area contributed by atoms with Gasteiger partial charge in [-0.05, 0) is 74.1 Å². The average Bonchev–Trinajstić information content (AvgIpc) is 3.81. The second-order valence-corrected chi connectivity index (χ2v) is 17.1. The highest BCUT2D eigenvalue weighted by Gasteiger charge is 2.19. The maximum absolute atomic E-state index is 6.63. The number of fused-ring (bicyclic) bond motifs is 5. The first-order chi connectivity index (χ1) is 34.1. The minimum atomic E-state index is 0.585. The predicted molar refractivity (Wildman–Crippen MR) is 279 cm³/mol. The highest BCUT2D eigenvalue weighted by atomic mass is 16.3. The fourth-order valence-electron chi connectivity index (χ4n) is 9.33. The molecule has 0 aliphatic rings. The number of nitrogens with zero attached hydrogens (tertiary/aromatic N) is 6. The molecule has 0 fully saturated rings. The first-order valence-corrected chi connectivity index (χ1v) is 22.9. The Hall–Kier alpha value is -9.46. The van der Waals surface area contributed by atoms with Crippen LogP contribution in [0.2, 0.25) is 0 Å². The van der Waals surface area contributed by atoms with Crippen LogP contribution in [0.4, 0.5) is 0 Å². The van der Waals surface area contributed by atoms with Crippen LogP contribution in [0.1, 0.15) is 0 Å². The quantitative estimate of drug-likeness (QED) is 0.150. The molecule has 3 heterocycles. The molecule has 0 spiro atoms. The third kappa shape index (κ3) is 7.45. The van der Waals surface area contributed by atoms with E-state index in [2.05, 4.69) is 158 Å². The van der Waals surface area contributed by atoms with Gasteiger partial charge in [0.1, 0.15) is 11.2 Å². The van der Waals surface area contributed by atoms with Crippen LogP contribution in [0, 0.1) is 0 Å². The maximum atomic E-state index is 6.63. The van der Waals surface area contributed by atoms with Gasteiger partial charge < -0.3 is 4.42 Å². The van der Waals surface area contributed by atoms with Gasteiger partial charge in [0.25, 0.3) is 0 Å². The van der Waals surface area contributed by atoms with Gasteiger partial charge in [0.2, 0.25) is 0 Å². The molecule has 0 saturated carbocycles. The minimum absolute atomic E-state index is 0.585. The number of hydrogen-bond acceptors (Lipinski definition) is 7. The molecule has 7 heteroatoms. The second-order valence-electron chi connectivity index (χ2n) is 17.1. The van der Waals surface area contributed by atoms with Crippen molar-refractivity contribution in [2.24, 2.45) is 0 Å². The highest BCUT2D eigenvalue weighted by molar-refractivity contribution is 6.14. The highest BCUT2D eigenvalue weighted by Crippen LogP contribution is 2.41. The van der Waals surface area contributed by atoms with E-state index in [1.807, 2.05) is 72.8 Å². The Morgan fingerprint density at radius 3 is 1.42 bits per heavy atom. The molecule has 322 valence electrons. The normalized spacial score (nSPS) is 11.5. The van der Waals surface area contributed by atoms with Crippen molar-refractivity contribution >= 4 is 43.5 Å². The van der Waals surface area contributed by atoms with Crippen LogP contribution in [-0.2, 0) is 0 Å². The van der Waals surface area contributed by atoms with E-state index in [-0.39, 0.29) is 0 Å². The largest absolute Gasteiger partial charge is 0.456 e. The molecule has 13 aromatic rings. The molecule has 10 aromatic carbocycles. The van der Waals surface area contributed by atoms with Crippen molar-refractivity contribution in [2.45, 2.75) is 0 Å². The lowest BCUT2D eigenvalue weighted by Crippen LogP contribution is -2.00. The van der Waals surface area contributed by atoms with E-state index in [1.165, 1.54) is 0 Å². The molecule has 0 saturated heterocycles. The van der Waals surface area contributed by atoms with Gasteiger partial charge in [0, 0.05) is 44.2 Å². The lowest BCUT2D eigenvalue weighted by atomic mass is 9.93. The zero-order valence-electron chi connectivity index (χ0n) is 37.0. The molecule has 0 atom stereocenters. The van der Waals surface area contributed by atoms with E-state index in [4.69, 9.17) is 34.3 Å². The van der Waals surface area contributed by atoms with Crippen molar-refractivity contribution in [2.75, 3.05) is 0 Å². The van der Waals surface area contributed by atoms with Crippen molar-refractivity contribution in [3.63, 3.8) is 0 Å². The third-order valence-electron chi connectivity index (χ3n) is 12.8. The molecule has 3 aromatic heterocycles. The molecule has 0 radical (unpaired) electrons. The lowest BCUT2D eigenvalue weighted by Gasteiger charge is -2.13. The van der Waals surface area contributed by atoms with Crippen LogP contribution >= 0.6 is 0 Å². The molecule has 0 amide bonds. The lowest BCUT2D eigenvalue weighted by molar-refractivity contribution is 0.669. The Bertz CT molecular complexity index is 4010. The van der Waals surface area contributed by atoms with Crippen LogP contribution in [0.15, 0.2) is 235 Å². The fourth-order valence-corrected chi connectivity index (χ4v) is 9.33. The molecular weight excluding hydrogens is 845 g/mol.